The molecule has 0 spiro atoms. The first-order chi connectivity index (χ1) is 11.1. The number of amides is 1. The molecule has 1 N–H and O–H groups in total. The van der Waals surface area contributed by atoms with E-state index in [4.69, 9.17) is 4.74 Å². The number of anilines is 1. The summed E-state index contributed by atoms with van der Waals surface area (Å²) in [6.45, 7) is 3.87. The molecule has 2 aromatic carbocycles. The van der Waals surface area contributed by atoms with Crippen molar-refractivity contribution in [3.8, 4) is 5.75 Å². The zero-order chi connectivity index (χ0) is 16.4. The van der Waals surface area contributed by atoms with Crippen LogP contribution in [-0.4, -0.2) is 18.0 Å². The monoisotopic (exact) mass is 326 g/mol. The Morgan fingerprint density at radius 3 is 2.65 bits per heavy atom. The molecule has 0 saturated heterocycles. The highest BCUT2D eigenvalue weighted by molar-refractivity contribution is 7.15. The molecule has 0 aliphatic rings. The standard InChI is InChI=1S/C18H18N2O2S/c1-11-10-19-18(23-11)20-17(21)12(2)13-4-5-15-9-16(22-3)7-6-14(15)8-13/h4-10,12H,1-3H3,(H,19,20,21)/t12-/m1/s1. The van der Waals surface area contributed by atoms with Crippen LogP contribution in [0.25, 0.3) is 10.8 Å². The Balaban J connectivity index is 1.82. The molecule has 4 nitrogen and oxygen atoms in total. The molecule has 5 heteroatoms. The smallest absolute Gasteiger partial charge is 0.233 e. The van der Waals surface area contributed by atoms with Crippen LogP contribution >= 0.6 is 11.3 Å². The van der Waals surface area contributed by atoms with Crippen molar-refractivity contribution < 1.29 is 9.53 Å². The largest absolute Gasteiger partial charge is 0.497 e. The molecule has 0 bridgehead atoms. The van der Waals surface area contributed by atoms with E-state index in [0.29, 0.717) is 5.13 Å². The van der Waals surface area contributed by atoms with Gasteiger partial charge in [0.2, 0.25) is 5.91 Å². The average molecular weight is 326 g/mol. The molecule has 3 aromatic rings. The van der Waals surface area contributed by atoms with Crippen LogP contribution in [0, 0.1) is 6.92 Å². The number of hydrogen-bond acceptors (Lipinski definition) is 4. The number of carbonyl (C=O) groups excluding carboxylic acids is 1. The fraction of sp³-hybridized carbons (Fsp3) is 0.222. The Labute approximate surface area is 139 Å². The first kappa shape index (κ1) is 15.5. The van der Waals surface area contributed by atoms with E-state index in [1.807, 2.05) is 50.2 Å². The number of methoxy groups -OCH3 is 1. The fourth-order valence-corrected chi connectivity index (χ4v) is 3.08. The van der Waals surface area contributed by atoms with Crippen LogP contribution in [0.5, 0.6) is 5.75 Å². The van der Waals surface area contributed by atoms with Crippen molar-refractivity contribution in [3.63, 3.8) is 0 Å². The van der Waals surface area contributed by atoms with Crippen LogP contribution in [0.4, 0.5) is 5.13 Å². The van der Waals surface area contributed by atoms with Gasteiger partial charge >= 0.3 is 0 Å². The molecule has 0 aliphatic carbocycles. The predicted octanol–water partition coefficient (Wildman–Crippen LogP) is 4.36. The van der Waals surface area contributed by atoms with Gasteiger partial charge in [-0.2, -0.15) is 0 Å². The Morgan fingerprint density at radius 1 is 1.22 bits per heavy atom. The minimum Gasteiger partial charge on any atom is -0.497 e. The molecule has 0 radical (unpaired) electrons. The van der Waals surface area contributed by atoms with E-state index in [1.54, 1.807) is 13.3 Å². The number of nitrogens with one attached hydrogen (secondary N) is 1. The number of thiazole rings is 1. The molecule has 3 rings (SSSR count). The van der Waals surface area contributed by atoms with Crippen molar-refractivity contribution >= 4 is 33.1 Å². The Hall–Kier alpha value is -2.40. The summed E-state index contributed by atoms with van der Waals surface area (Å²) in [6, 6.07) is 12.0. The van der Waals surface area contributed by atoms with Crippen molar-refractivity contribution in [2.75, 3.05) is 12.4 Å². The molecule has 1 aromatic heterocycles. The highest BCUT2D eigenvalue weighted by Gasteiger charge is 2.17. The second-order valence-corrected chi connectivity index (χ2v) is 6.69. The lowest BCUT2D eigenvalue weighted by Crippen LogP contribution is -2.18. The lowest BCUT2D eigenvalue weighted by Gasteiger charge is -2.12. The minimum absolute atomic E-state index is 0.0489. The molecule has 0 saturated carbocycles. The third kappa shape index (κ3) is 3.35. The van der Waals surface area contributed by atoms with Gasteiger partial charge in [0.1, 0.15) is 5.75 Å². The van der Waals surface area contributed by atoms with E-state index < -0.39 is 0 Å². The second-order valence-electron chi connectivity index (χ2n) is 5.46. The second kappa shape index (κ2) is 6.38. The number of fused-ring (bicyclic) bond motifs is 1. The van der Waals surface area contributed by atoms with Crippen LogP contribution in [0.2, 0.25) is 0 Å². The molecule has 1 heterocycles. The van der Waals surface area contributed by atoms with Crippen LogP contribution in [0.3, 0.4) is 0 Å². The van der Waals surface area contributed by atoms with Crippen molar-refractivity contribution in [3.05, 3.63) is 53.0 Å². The van der Waals surface area contributed by atoms with E-state index in [0.717, 1.165) is 27.0 Å². The molecule has 0 fully saturated rings. The van der Waals surface area contributed by atoms with Crippen molar-refractivity contribution in [2.24, 2.45) is 0 Å². The normalized spacial score (nSPS) is 12.1. The maximum atomic E-state index is 12.4. The highest BCUT2D eigenvalue weighted by atomic mass is 32.1. The number of benzene rings is 2. The van der Waals surface area contributed by atoms with E-state index in [2.05, 4.69) is 10.3 Å². The summed E-state index contributed by atoms with van der Waals surface area (Å²) in [5.41, 5.74) is 0.980. The fourth-order valence-electron chi connectivity index (χ4n) is 2.42. The lowest BCUT2D eigenvalue weighted by molar-refractivity contribution is -0.117. The maximum absolute atomic E-state index is 12.4. The van der Waals surface area contributed by atoms with Gasteiger partial charge < -0.3 is 10.1 Å². The lowest BCUT2D eigenvalue weighted by atomic mass is 9.97. The van der Waals surface area contributed by atoms with Gasteiger partial charge in [0, 0.05) is 11.1 Å². The zero-order valence-electron chi connectivity index (χ0n) is 13.3. The molecule has 0 aliphatic heterocycles. The van der Waals surface area contributed by atoms with Crippen molar-refractivity contribution in [2.45, 2.75) is 19.8 Å². The maximum Gasteiger partial charge on any atom is 0.233 e. The summed E-state index contributed by atoms with van der Waals surface area (Å²) in [6.07, 6.45) is 1.76. The van der Waals surface area contributed by atoms with Crippen LogP contribution in [0.15, 0.2) is 42.6 Å². The van der Waals surface area contributed by atoms with Gasteiger partial charge in [0.15, 0.2) is 5.13 Å². The number of nitrogens with zero attached hydrogens (tertiary/aromatic N) is 1. The Morgan fingerprint density at radius 2 is 1.96 bits per heavy atom. The SMILES string of the molecule is COc1ccc2cc([C@@H](C)C(=O)Nc3ncc(C)s3)ccc2c1. The number of aromatic nitrogens is 1. The van der Waals surface area contributed by atoms with Gasteiger partial charge in [-0.1, -0.05) is 24.3 Å². The summed E-state index contributed by atoms with van der Waals surface area (Å²) in [4.78, 5) is 17.6. The highest BCUT2D eigenvalue weighted by Crippen LogP contribution is 2.26. The Bertz CT molecular complexity index is 857. The van der Waals surface area contributed by atoms with Gasteiger partial charge in [-0.05, 0) is 42.3 Å². The van der Waals surface area contributed by atoms with E-state index in [1.165, 1.54) is 11.3 Å². The van der Waals surface area contributed by atoms with Gasteiger partial charge in [-0.3, -0.25) is 4.79 Å². The summed E-state index contributed by atoms with van der Waals surface area (Å²) < 4.78 is 5.24. The third-order valence-corrected chi connectivity index (χ3v) is 4.64. The number of hydrogen-bond donors (Lipinski definition) is 1. The van der Waals surface area contributed by atoms with Crippen molar-refractivity contribution in [1.29, 1.82) is 0 Å². The summed E-state index contributed by atoms with van der Waals surface area (Å²) in [5.74, 6) is 0.535. The molecule has 118 valence electrons. The number of carbonyl (C=O) groups is 1. The van der Waals surface area contributed by atoms with Gasteiger partial charge in [-0.25, -0.2) is 4.98 Å². The molecular formula is C18H18N2O2S. The number of ether oxygens (including phenoxy) is 1. The summed E-state index contributed by atoms with van der Waals surface area (Å²) >= 11 is 1.48. The van der Waals surface area contributed by atoms with Gasteiger partial charge in [-0.15, -0.1) is 11.3 Å². The summed E-state index contributed by atoms with van der Waals surface area (Å²) in [5, 5.41) is 5.70. The van der Waals surface area contributed by atoms with Crippen LogP contribution in [0.1, 0.15) is 23.3 Å². The molecular weight excluding hydrogens is 308 g/mol. The number of aryl methyl sites for hydroxylation is 1. The average Bonchev–Trinajstić information content (AvgIpc) is 2.97. The number of rotatable bonds is 4. The Kier molecular flexibility index (Phi) is 4.30. The molecule has 1 amide bonds. The summed E-state index contributed by atoms with van der Waals surface area (Å²) in [7, 11) is 1.66. The van der Waals surface area contributed by atoms with E-state index >= 15 is 0 Å². The van der Waals surface area contributed by atoms with Crippen molar-refractivity contribution in [1.82, 2.24) is 4.98 Å². The van der Waals surface area contributed by atoms with Gasteiger partial charge in [0.05, 0.1) is 13.0 Å². The van der Waals surface area contributed by atoms with Crippen LogP contribution < -0.4 is 10.1 Å². The zero-order valence-corrected chi connectivity index (χ0v) is 14.1. The first-order valence-corrected chi connectivity index (χ1v) is 8.19. The van der Waals surface area contributed by atoms with Gasteiger partial charge in [0.25, 0.3) is 0 Å². The first-order valence-electron chi connectivity index (χ1n) is 7.38. The minimum atomic E-state index is -0.245. The molecule has 1 atom stereocenters. The predicted molar refractivity (Wildman–Crippen MR) is 94.4 cm³/mol. The molecule has 23 heavy (non-hydrogen) atoms. The quantitative estimate of drug-likeness (QED) is 0.775. The topological polar surface area (TPSA) is 51.2 Å². The third-order valence-electron chi connectivity index (χ3n) is 3.82. The van der Waals surface area contributed by atoms with E-state index in [-0.39, 0.29) is 11.8 Å². The van der Waals surface area contributed by atoms with Crippen LogP contribution in [-0.2, 0) is 4.79 Å². The molecule has 0 unspecified atom stereocenters. The van der Waals surface area contributed by atoms with E-state index in [9.17, 15) is 4.79 Å².